The van der Waals surface area contributed by atoms with Gasteiger partial charge in [0.05, 0.1) is 11.0 Å². The molecule has 0 spiro atoms. The van der Waals surface area contributed by atoms with E-state index in [9.17, 15) is 9.59 Å². The van der Waals surface area contributed by atoms with E-state index in [0.29, 0.717) is 0 Å². The molecule has 0 fully saturated rings. The van der Waals surface area contributed by atoms with Crippen LogP contribution in [0, 0.1) is 0 Å². The number of aryl methyl sites for hydroxylation is 1. The van der Waals surface area contributed by atoms with Gasteiger partial charge in [0.2, 0.25) is 0 Å². The zero-order valence-electron chi connectivity index (χ0n) is 9.37. The number of hydrogen-bond acceptors (Lipinski definition) is 2. The van der Waals surface area contributed by atoms with Crippen LogP contribution in [0.2, 0.25) is 0 Å². The first-order valence-electron chi connectivity index (χ1n) is 5.64. The van der Waals surface area contributed by atoms with Gasteiger partial charge in [0.15, 0.2) is 0 Å². The maximum atomic E-state index is 12.1. The third-order valence-corrected chi connectivity index (χ3v) is 4.82. The van der Waals surface area contributed by atoms with Gasteiger partial charge >= 0.3 is 11.1 Å². The summed E-state index contributed by atoms with van der Waals surface area (Å²) in [6.45, 7) is 0. The van der Waals surface area contributed by atoms with Crippen molar-refractivity contribution >= 4 is 49.6 Å². The molecule has 2 aromatic rings. The second kappa shape index (κ2) is 4.48. The Labute approximate surface area is 125 Å². The number of alkyl halides is 1. The predicted molar refractivity (Wildman–Crippen MR) is 82.8 cm³/mol. The van der Waals surface area contributed by atoms with Crippen molar-refractivity contribution in [1.82, 2.24) is 9.55 Å². The minimum Gasteiger partial charge on any atom is -0.316 e. The molecule has 0 amide bonds. The number of halogens is 2. The minimum absolute atomic E-state index is 0.122. The molecule has 2 heterocycles. The predicted octanol–water partition coefficient (Wildman–Crippen LogP) is 2.37. The molecule has 1 aliphatic rings. The maximum absolute atomic E-state index is 12.1. The highest BCUT2D eigenvalue weighted by Crippen LogP contribution is 2.31. The summed E-state index contributed by atoms with van der Waals surface area (Å²) in [4.78, 5) is 26.4. The maximum Gasteiger partial charge on any atom is 0.317 e. The molecule has 0 saturated carbocycles. The second-order valence-electron chi connectivity index (χ2n) is 4.44. The highest BCUT2D eigenvalue weighted by Gasteiger charge is 2.23. The lowest BCUT2D eigenvalue weighted by molar-refractivity contribution is 0.498. The molecule has 0 bridgehead atoms. The monoisotopic (exact) mass is 420 g/mol. The van der Waals surface area contributed by atoms with Gasteiger partial charge in [0.25, 0.3) is 0 Å². The summed E-state index contributed by atoms with van der Waals surface area (Å²) >= 11 is 5.71. The molecule has 94 valence electrons. The molecule has 3 rings (SSSR count). The quantitative estimate of drug-likeness (QED) is 0.437. The van der Waals surface area contributed by atoms with E-state index in [-0.39, 0.29) is 6.04 Å². The van der Waals surface area contributed by atoms with Gasteiger partial charge in [-0.2, -0.15) is 0 Å². The topological polar surface area (TPSA) is 54.9 Å². The van der Waals surface area contributed by atoms with Crippen molar-refractivity contribution in [3.63, 3.8) is 0 Å². The third-order valence-electron chi connectivity index (χ3n) is 3.35. The van der Waals surface area contributed by atoms with Crippen molar-refractivity contribution in [3.8, 4) is 0 Å². The molecular formula is C12H10BrIN2O2. The second-order valence-corrected chi connectivity index (χ2v) is 6.23. The van der Waals surface area contributed by atoms with Gasteiger partial charge < -0.3 is 4.98 Å². The molecule has 6 heteroatoms. The molecule has 1 atom stereocenters. The number of rotatable bonds is 1. The zero-order chi connectivity index (χ0) is 12.9. The molecule has 18 heavy (non-hydrogen) atoms. The molecule has 1 aliphatic heterocycles. The fourth-order valence-electron chi connectivity index (χ4n) is 2.56. The van der Waals surface area contributed by atoms with Crippen LogP contribution < -0.4 is 11.1 Å². The lowest BCUT2D eigenvalue weighted by atomic mass is 9.99. The Bertz CT molecular complexity index is 750. The first kappa shape index (κ1) is 12.4. The van der Waals surface area contributed by atoms with Crippen molar-refractivity contribution in [3.05, 3.63) is 42.9 Å². The lowest BCUT2D eigenvalue weighted by Gasteiger charge is -2.26. The number of hydrogen-bond donors (Lipinski definition) is 1. The van der Waals surface area contributed by atoms with Gasteiger partial charge in [0, 0.05) is 14.9 Å². The summed E-state index contributed by atoms with van der Waals surface area (Å²) in [5, 5.41) is 0. The van der Waals surface area contributed by atoms with Crippen molar-refractivity contribution in [1.29, 1.82) is 0 Å². The summed E-state index contributed by atoms with van der Waals surface area (Å²) < 4.78 is 3.44. The van der Waals surface area contributed by atoms with Gasteiger partial charge in [0.1, 0.15) is 0 Å². The van der Waals surface area contributed by atoms with Crippen molar-refractivity contribution in [2.45, 2.75) is 18.9 Å². The van der Waals surface area contributed by atoms with Crippen LogP contribution in [0.3, 0.4) is 0 Å². The van der Waals surface area contributed by atoms with Crippen LogP contribution in [0.1, 0.15) is 18.0 Å². The highest BCUT2D eigenvalue weighted by molar-refractivity contribution is 14.1. The molecule has 1 unspecified atom stereocenters. The fraction of sp³-hybridized carbons (Fsp3) is 0.333. The molecule has 1 aromatic heterocycles. The van der Waals surface area contributed by atoms with Crippen LogP contribution in [-0.2, 0) is 6.42 Å². The Morgan fingerprint density at radius 1 is 1.44 bits per heavy atom. The Morgan fingerprint density at radius 3 is 2.94 bits per heavy atom. The van der Waals surface area contributed by atoms with E-state index in [0.717, 1.165) is 38.3 Å². The van der Waals surface area contributed by atoms with Crippen LogP contribution in [0.5, 0.6) is 0 Å². The number of aromatic nitrogens is 2. The van der Waals surface area contributed by atoms with E-state index in [1.165, 1.54) is 0 Å². The standard InChI is InChI=1S/C12H10BrIN2O2/c13-7-3-6-1-2-8(5-14)16-10(6)9(4-7)15-11(17)12(16)18/h3-4,8H,1-2,5H2,(H,15,17). The van der Waals surface area contributed by atoms with E-state index in [2.05, 4.69) is 43.5 Å². The first-order chi connectivity index (χ1) is 8.61. The average molecular weight is 421 g/mol. The average Bonchev–Trinajstić information content (AvgIpc) is 2.34. The number of aromatic amines is 1. The van der Waals surface area contributed by atoms with Gasteiger partial charge in [-0.3, -0.25) is 14.2 Å². The smallest absolute Gasteiger partial charge is 0.316 e. The molecule has 1 aromatic carbocycles. The van der Waals surface area contributed by atoms with E-state index >= 15 is 0 Å². The summed E-state index contributed by atoms with van der Waals surface area (Å²) in [5.41, 5.74) is 1.76. The molecule has 1 N–H and O–H groups in total. The van der Waals surface area contributed by atoms with Crippen molar-refractivity contribution in [2.75, 3.05) is 4.43 Å². The van der Waals surface area contributed by atoms with Gasteiger partial charge in [-0.1, -0.05) is 38.5 Å². The molecular weight excluding hydrogens is 411 g/mol. The Kier molecular flexibility index (Phi) is 3.09. The third kappa shape index (κ3) is 1.77. The van der Waals surface area contributed by atoms with Crippen LogP contribution in [0.15, 0.2) is 26.2 Å². The van der Waals surface area contributed by atoms with Gasteiger partial charge in [-0.05, 0) is 30.5 Å². The van der Waals surface area contributed by atoms with Crippen molar-refractivity contribution < 1.29 is 0 Å². The summed E-state index contributed by atoms with van der Waals surface area (Å²) in [5.74, 6) is 0. The summed E-state index contributed by atoms with van der Waals surface area (Å²) in [6, 6.07) is 4.00. The van der Waals surface area contributed by atoms with Crippen LogP contribution in [0.4, 0.5) is 0 Å². The lowest BCUT2D eigenvalue weighted by Crippen LogP contribution is -2.40. The van der Waals surface area contributed by atoms with Crippen LogP contribution in [0.25, 0.3) is 11.0 Å². The minimum atomic E-state index is -0.539. The van der Waals surface area contributed by atoms with E-state index in [1.54, 1.807) is 4.57 Å². The Balaban J connectivity index is 2.54. The number of nitrogens with zero attached hydrogens (tertiary/aromatic N) is 1. The first-order valence-corrected chi connectivity index (χ1v) is 7.96. The number of nitrogens with one attached hydrogen (secondary N) is 1. The SMILES string of the molecule is O=c1[nH]c2cc(Br)cc3c2n(c1=O)C(CI)CC3. The molecule has 0 radical (unpaired) electrons. The van der Waals surface area contributed by atoms with E-state index < -0.39 is 11.1 Å². The van der Waals surface area contributed by atoms with Gasteiger partial charge in [-0.25, -0.2) is 0 Å². The Hall–Kier alpha value is -0.630. The number of benzene rings is 1. The normalized spacial score (nSPS) is 18.2. The summed E-state index contributed by atoms with van der Waals surface area (Å²) in [6.07, 6.45) is 1.85. The van der Waals surface area contributed by atoms with E-state index in [4.69, 9.17) is 0 Å². The molecule has 0 saturated heterocycles. The largest absolute Gasteiger partial charge is 0.317 e. The van der Waals surface area contributed by atoms with E-state index in [1.807, 2.05) is 12.1 Å². The van der Waals surface area contributed by atoms with Crippen LogP contribution in [-0.4, -0.2) is 14.0 Å². The zero-order valence-corrected chi connectivity index (χ0v) is 13.1. The molecule has 0 aliphatic carbocycles. The summed E-state index contributed by atoms with van der Waals surface area (Å²) in [7, 11) is 0. The van der Waals surface area contributed by atoms with Crippen molar-refractivity contribution in [2.24, 2.45) is 0 Å². The Morgan fingerprint density at radius 2 is 2.22 bits per heavy atom. The highest BCUT2D eigenvalue weighted by atomic mass is 127. The van der Waals surface area contributed by atoms with Crippen LogP contribution >= 0.6 is 38.5 Å². The number of H-pyrrole nitrogens is 1. The van der Waals surface area contributed by atoms with Gasteiger partial charge in [-0.15, -0.1) is 0 Å². The molecule has 4 nitrogen and oxygen atoms in total. The fourth-order valence-corrected chi connectivity index (χ4v) is 3.90.